The summed E-state index contributed by atoms with van der Waals surface area (Å²) in [6, 6.07) is 11.9. The van der Waals surface area contributed by atoms with E-state index in [1.54, 1.807) is 31.4 Å². The number of hydrogen-bond donors (Lipinski definition) is 1. The van der Waals surface area contributed by atoms with Crippen LogP contribution in [0, 0.1) is 0 Å². The van der Waals surface area contributed by atoms with E-state index in [-0.39, 0.29) is 17.4 Å². The van der Waals surface area contributed by atoms with Crippen LogP contribution in [0.25, 0.3) is 5.76 Å². The first kappa shape index (κ1) is 21.9. The number of ketones is 1. The number of fused-ring (bicyclic) bond motifs is 1. The van der Waals surface area contributed by atoms with Crippen molar-refractivity contribution in [1.82, 2.24) is 9.80 Å². The summed E-state index contributed by atoms with van der Waals surface area (Å²) in [5.74, 6) is 0.0114. The maximum absolute atomic E-state index is 13.1. The van der Waals surface area contributed by atoms with E-state index < -0.39 is 17.7 Å². The van der Waals surface area contributed by atoms with Gasteiger partial charge in [-0.1, -0.05) is 12.1 Å². The van der Waals surface area contributed by atoms with Crippen molar-refractivity contribution in [3.63, 3.8) is 0 Å². The summed E-state index contributed by atoms with van der Waals surface area (Å²) in [5, 5.41) is 11.2. The van der Waals surface area contributed by atoms with Crippen LogP contribution in [0.3, 0.4) is 0 Å². The number of likely N-dealkylation sites (tertiary alicyclic amines) is 1. The van der Waals surface area contributed by atoms with Gasteiger partial charge >= 0.3 is 0 Å². The Morgan fingerprint density at radius 3 is 2.56 bits per heavy atom. The average Bonchev–Trinajstić information content (AvgIpc) is 3.27. The molecule has 2 heterocycles. The molecule has 1 N–H and O–H groups in total. The molecular weight excluding hydrogens is 408 g/mol. The molecule has 2 atom stereocenters. The van der Waals surface area contributed by atoms with Crippen molar-refractivity contribution in [3.8, 4) is 11.5 Å². The molecule has 2 aliphatic rings. The third kappa shape index (κ3) is 3.96. The minimum Gasteiger partial charge on any atom is -0.507 e. The van der Waals surface area contributed by atoms with Crippen molar-refractivity contribution in [2.45, 2.75) is 25.5 Å². The van der Waals surface area contributed by atoms with E-state index in [2.05, 4.69) is 0 Å². The summed E-state index contributed by atoms with van der Waals surface area (Å²) >= 11 is 0. The molecule has 1 fully saturated rings. The second-order valence-corrected chi connectivity index (χ2v) is 8.52. The smallest absolute Gasteiger partial charge is 0.295 e. The highest BCUT2D eigenvalue weighted by Gasteiger charge is 2.46. The van der Waals surface area contributed by atoms with Crippen LogP contribution in [0.4, 0.5) is 0 Å². The molecule has 0 bridgehead atoms. The monoisotopic (exact) mass is 436 g/mol. The maximum Gasteiger partial charge on any atom is 0.295 e. The lowest BCUT2D eigenvalue weighted by Gasteiger charge is -2.26. The number of carbonyl (C=O) groups is 2. The van der Waals surface area contributed by atoms with Crippen LogP contribution in [-0.2, 0) is 16.0 Å². The Labute approximate surface area is 187 Å². The Kier molecular flexibility index (Phi) is 5.93. The van der Waals surface area contributed by atoms with E-state index in [9.17, 15) is 14.7 Å². The molecule has 2 aliphatic heterocycles. The molecule has 2 aromatic rings. The van der Waals surface area contributed by atoms with Crippen LogP contribution in [0.1, 0.15) is 29.7 Å². The van der Waals surface area contributed by atoms with Gasteiger partial charge in [0.2, 0.25) is 0 Å². The molecule has 2 unspecified atom stereocenters. The van der Waals surface area contributed by atoms with Gasteiger partial charge in [-0.05, 0) is 62.5 Å². The zero-order chi connectivity index (χ0) is 23.0. The van der Waals surface area contributed by atoms with Gasteiger partial charge in [0.25, 0.3) is 11.7 Å². The normalized spacial score (nSPS) is 21.7. The summed E-state index contributed by atoms with van der Waals surface area (Å²) in [6.07, 6.45) is 0.800. The largest absolute Gasteiger partial charge is 0.507 e. The molecule has 0 aliphatic carbocycles. The Morgan fingerprint density at radius 2 is 1.91 bits per heavy atom. The lowest BCUT2D eigenvalue weighted by atomic mass is 9.94. The topological polar surface area (TPSA) is 79.3 Å². The third-order valence-corrected chi connectivity index (χ3v) is 5.93. The van der Waals surface area contributed by atoms with Crippen molar-refractivity contribution in [2.24, 2.45) is 0 Å². The molecular formula is C25H28N2O5. The molecule has 0 spiro atoms. The first-order valence-electron chi connectivity index (χ1n) is 10.7. The summed E-state index contributed by atoms with van der Waals surface area (Å²) < 4.78 is 11.0. The molecule has 7 heteroatoms. The first-order chi connectivity index (χ1) is 15.3. The van der Waals surface area contributed by atoms with Gasteiger partial charge in [-0.25, -0.2) is 0 Å². The van der Waals surface area contributed by atoms with Gasteiger partial charge in [0.1, 0.15) is 23.4 Å². The standard InChI is InChI=1S/C25H28N2O5/c1-15-13-18-14-17(7-10-20(18)32-15)23(28)21-22(16-5-8-19(31-4)9-6-16)27(12-11-26(2)3)25(30)24(21)29/h5-10,14-15,22,28H,11-13H2,1-4H3/b23-21-. The van der Waals surface area contributed by atoms with Crippen molar-refractivity contribution in [1.29, 1.82) is 0 Å². The van der Waals surface area contributed by atoms with E-state index >= 15 is 0 Å². The molecule has 2 aromatic carbocycles. The number of carbonyl (C=O) groups excluding carboxylic acids is 2. The van der Waals surface area contributed by atoms with Crippen molar-refractivity contribution >= 4 is 17.4 Å². The van der Waals surface area contributed by atoms with Crippen molar-refractivity contribution < 1.29 is 24.2 Å². The quantitative estimate of drug-likeness (QED) is 0.426. The molecule has 1 saturated heterocycles. The predicted octanol–water partition coefficient (Wildman–Crippen LogP) is 3.00. The Hall–Kier alpha value is -3.32. The van der Waals surface area contributed by atoms with Crippen LogP contribution < -0.4 is 9.47 Å². The number of likely N-dealkylation sites (N-methyl/N-ethyl adjacent to an activating group) is 1. The number of aliphatic hydroxyl groups excluding tert-OH is 1. The number of nitrogens with zero attached hydrogens (tertiary/aromatic N) is 2. The third-order valence-electron chi connectivity index (χ3n) is 5.93. The second kappa shape index (κ2) is 8.67. The first-order valence-corrected chi connectivity index (χ1v) is 10.7. The highest BCUT2D eigenvalue weighted by atomic mass is 16.5. The van der Waals surface area contributed by atoms with Crippen LogP contribution in [0.15, 0.2) is 48.0 Å². The molecule has 7 nitrogen and oxygen atoms in total. The summed E-state index contributed by atoms with van der Waals surface area (Å²) in [4.78, 5) is 29.6. The zero-order valence-electron chi connectivity index (χ0n) is 18.8. The second-order valence-electron chi connectivity index (χ2n) is 8.52. The number of rotatable bonds is 6. The number of amides is 1. The van der Waals surface area contributed by atoms with E-state index in [0.29, 0.717) is 24.4 Å². The Bertz CT molecular complexity index is 1070. The molecule has 168 valence electrons. The Morgan fingerprint density at radius 1 is 1.19 bits per heavy atom. The van der Waals surface area contributed by atoms with Crippen molar-refractivity contribution in [2.75, 3.05) is 34.3 Å². The number of ether oxygens (including phenoxy) is 2. The minimum absolute atomic E-state index is 0.0679. The average molecular weight is 437 g/mol. The van der Waals surface area contributed by atoms with Crippen LogP contribution >= 0.6 is 0 Å². The van der Waals surface area contributed by atoms with E-state index in [1.807, 2.05) is 44.1 Å². The van der Waals surface area contributed by atoms with E-state index in [0.717, 1.165) is 23.3 Å². The van der Waals surface area contributed by atoms with E-state index in [1.165, 1.54) is 4.90 Å². The molecule has 0 aromatic heterocycles. The van der Waals surface area contributed by atoms with Gasteiger partial charge in [0.15, 0.2) is 0 Å². The fraction of sp³-hybridized carbons (Fsp3) is 0.360. The van der Waals surface area contributed by atoms with Gasteiger partial charge in [0.05, 0.1) is 18.7 Å². The predicted molar refractivity (Wildman–Crippen MR) is 121 cm³/mol. The van der Waals surface area contributed by atoms with Gasteiger partial charge in [0, 0.05) is 25.1 Å². The zero-order valence-corrected chi connectivity index (χ0v) is 18.8. The fourth-order valence-corrected chi connectivity index (χ4v) is 4.28. The number of methoxy groups -OCH3 is 1. The summed E-state index contributed by atoms with van der Waals surface area (Å²) in [7, 11) is 5.40. The number of hydrogen-bond acceptors (Lipinski definition) is 6. The highest BCUT2D eigenvalue weighted by molar-refractivity contribution is 6.46. The lowest BCUT2D eigenvalue weighted by Crippen LogP contribution is -2.35. The van der Waals surface area contributed by atoms with Gasteiger partial charge in [-0.3, -0.25) is 9.59 Å². The molecule has 0 saturated carbocycles. The highest BCUT2D eigenvalue weighted by Crippen LogP contribution is 2.40. The minimum atomic E-state index is -0.677. The van der Waals surface area contributed by atoms with Gasteiger partial charge in [-0.2, -0.15) is 0 Å². The summed E-state index contributed by atoms with van der Waals surface area (Å²) in [6.45, 7) is 2.94. The van der Waals surface area contributed by atoms with Gasteiger partial charge < -0.3 is 24.4 Å². The van der Waals surface area contributed by atoms with Crippen LogP contribution in [0.2, 0.25) is 0 Å². The van der Waals surface area contributed by atoms with Crippen molar-refractivity contribution in [3.05, 3.63) is 64.7 Å². The number of aliphatic hydroxyl groups is 1. The fourth-order valence-electron chi connectivity index (χ4n) is 4.28. The number of Topliss-reactive ketones (excluding diaryl/α,β-unsaturated/α-hetero) is 1. The molecule has 1 amide bonds. The Balaban J connectivity index is 1.80. The van der Waals surface area contributed by atoms with Crippen LogP contribution in [-0.4, -0.2) is 67.0 Å². The maximum atomic E-state index is 13.1. The van der Waals surface area contributed by atoms with Crippen LogP contribution in [0.5, 0.6) is 11.5 Å². The SMILES string of the molecule is COc1ccc(C2/C(=C(/O)c3ccc4c(c3)CC(C)O4)C(=O)C(=O)N2CCN(C)C)cc1. The summed E-state index contributed by atoms with van der Waals surface area (Å²) in [5.41, 5.74) is 2.32. The van der Waals surface area contributed by atoms with E-state index in [4.69, 9.17) is 9.47 Å². The molecule has 0 radical (unpaired) electrons. The number of benzene rings is 2. The molecule has 4 rings (SSSR count). The molecule has 32 heavy (non-hydrogen) atoms. The van der Waals surface area contributed by atoms with Gasteiger partial charge in [-0.15, -0.1) is 0 Å². The lowest BCUT2D eigenvalue weighted by molar-refractivity contribution is -0.140.